The van der Waals surface area contributed by atoms with Crippen LogP contribution < -0.4 is 0 Å². The topological polar surface area (TPSA) is 0 Å². The second-order valence-corrected chi connectivity index (χ2v) is 4.57. The fourth-order valence-corrected chi connectivity index (χ4v) is 2.52. The molecule has 1 aliphatic rings. The quantitative estimate of drug-likeness (QED) is 0.540. The summed E-state index contributed by atoms with van der Waals surface area (Å²) in [4.78, 5) is 0. The first-order chi connectivity index (χ1) is 5.15. The van der Waals surface area contributed by atoms with E-state index in [0.29, 0.717) is 0 Å². The minimum Gasteiger partial charge on any atom is -0.0651 e. The average Bonchev–Trinajstić information content (AvgIpc) is 1.97. The van der Waals surface area contributed by atoms with Crippen LogP contribution in [0.1, 0.15) is 47.0 Å². The maximum Gasteiger partial charge on any atom is -0.0388 e. The Labute approximate surface area is 71.4 Å². The SMILES string of the molecule is CCC1CC(C)C(C)CC1C. The highest BCUT2D eigenvalue weighted by molar-refractivity contribution is 4.79. The molecule has 0 N–H and O–H groups in total. The fraction of sp³-hybridized carbons (Fsp3) is 1.00. The molecule has 4 atom stereocenters. The summed E-state index contributed by atoms with van der Waals surface area (Å²) in [6.07, 6.45) is 4.32. The molecule has 0 bridgehead atoms. The van der Waals surface area contributed by atoms with E-state index in [4.69, 9.17) is 0 Å². The predicted octanol–water partition coefficient (Wildman–Crippen LogP) is 3.71. The van der Waals surface area contributed by atoms with E-state index in [1.54, 1.807) is 0 Å². The Kier molecular flexibility index (Phi) is 2.98. The number of hydrogen-bond donors (Lipinski definition) is 0. The zero-order chi connectivity index (χ0) is 8.43. The largest absolute Gasteiger partial charge is 0.0651 e. The lowest BCUT2D eigenvalue weighted by Crippen LogP contribution is -2.27. The van der Waals surface area contributed by atoms with Crippen molar-refractivity contribution in [3.05, 3.63) is 0 Å². The summed E-state index contributed by atoms with van der Waals surface area (Å²) >= 11 is 0. The molecule has 0 aromatic carbocycles. The van der Waals surface area contributed by atoms with Crippen LogP contribution in [-0.2, 0) is 0 Å². The van der Waals surface area contributed by atoms with E-state index in [0.717, 1.165) is 23.7 Å². The normalized spacial score (nSPS) is 45.8. The number of rotatable bonds is 1. The van der Waals surface area contributed by atoms with Crippen LogP contribution in [0, 0.1) is 23.7 Å². The lowest BCUT2D eigenvalue weighted by atomic mass is 9.69. The van der Waals surface area contributed by atoms with Crippen molar-refractivity contribution >= 4 is 0 Å². The van der Waals surface area contributed by atoms with Crippen LogP contribution >= 0.6 is 0 Å². The van der Waals surface area contributed by atoms with Gasteiger partial charge in [0.1, 0.15) is 0 Å². The van der Waals surface area contributed by atoms with Gasteiger partial charge in [0.2, 0.25) is 0 Å². The van der Waals surface area contributed by atoms with Crippen LogP contribution in [0.5, 0.6) is 0 Å². The van der Waals surface area contributed by atoms with Gasteiger partial charge in [0, 0.05) is 0 Å². The molecule has 0 radical (unpaired) electrons. The molecule has 1 rings (SSSR count). The van der Waals surface area contributed by atoms with Crippen LogP contribution in [0.25, 0.3) is 0 Å². The molecule has 0 aliphatic heterocycles. The van der Waals surface area contributed by atoms with Crippen molar-refractivity contribution in [2.75, 3.05) is 0 Å². The third-order valence-electron chi connectivity index (χ3n) is 3.72. The van der Waals surface area contributed by atoms with Crippen LogP contribution in [0.2, 0.25) is 0 Å². The molecule has 66 valence electrons. The highest BCUT2D eigenvalue weighted by Gasteiger charge is 2.28. The minimum atomic E-state index is 0.966. The van der Waals surface area contributed by atoms with Gasteiger partial charge in [-0.05, 0) is 36.5 Å². The molecular formula is C11H22. The number of hydrogen-bond acceptors (Lipinski definition) is 0. The van der Waals surface area contributed by atoms with Crippen molar-refractivity contribution in [1.82, 2.24) is 0 Å². The van der Waals surface area contributed by atoms with Crippen LogP contribution in [0.3, 0.4) is 0 Å². The van der Waals surface area contributed by atoms with Crippen LogP contribution in [0.15, 0.2) is 0 Å². The Morgan fingerprint density at radius 2 is 1.45 bits per heavy atom. The molecule has 1 fully saturated rings. The molecule has 0 nitrogen and oxygen atoms in total. The van der Waals surface area contributed by atoms with Crippen LogP contribution in [-0.4, -0.2) is 0 Å². The first kappa shape index (κ1) is 9.09. The average molecular weight is 154 g/mol. The second-order valence-electron chi connectivity index (χ2n) is 4.57. The van der Waals surface area contributed by atoms with Crippen molar-refractivity contribution in [1.29, 1.82) is 0 Å². The minimum absolute atomic E-state index is 0.966. The highest BCUT2D eigenvalue weighted by atomic mass is 14.3. The Balaban J connectivity index is 2.48. The van der Waals surface area contributed by atoms with E-state index in [-0.39, 0.29) is 0 Å². The molecule has 4 unspecified atom stereocenters. The molecule has 1 saturated carbocycles. The van der Waals surface area contributed by atoms with Gasteiger partial charge in [0.25, 0.3) is 0 Å². The van der Waals surface area contributed by atoms with Gasteiger partial charge in [0.15, 0.2) is 0 Å². The summed E-state index contributed by atoms with van der Waals surface area (Å²) in [5.41, 5.74) is 0. The summed E-state index contributed by atoms with van der Waals surface area (Å²) in [5, 5.41) is 0. The van der Waals surface area contributed by atoms with Crippen LogP contribution in [0.4, 0.5) is 0 Å². The maximum atomic E-state index is 2.43. The van der Waals surface area contributed by atoms with Gasteiger partial charge in [-0.15, -0.1) is 0 Å². The van der Waals surface area contributed by atoms with Gasteiger partial charge in [0.05, 0.1) is 0 Å². The zero-order valence-corrected chi connectivity index (χ0v) is 8.43. The third-order valence-corrected chi connectivity index (χ3v) is 3.72. The molecule has 0 aromatic rings. The van der Waals surface area contributed by atoms with Gasteiger partial charge in [-0.2, -0.15) is 0 Å². The van der Waals surface area contributed by atoms with Crippen molar-refractivity contribution in [3.8, 4) is 0 Å². The Bertz CT molecular complexity index is 117. The molecule has 0 heterocycles. The maximum absolute atomic E-state index is 2.43. The van der Waals surface area contributed by atoms with E-state index in [1.165, 1.54) is 19.3 Å². The summed E-state index contributed by atoms with van der Waals surface area (Å²) in [6, 6.07) is 0. The third kappa shape index (κ3) is 1.98. The molecule has 0 spiro atoms. The summed E-state index contributed by atoms with van der Waals surface area (Å²) < 4.78 is 0. The van der Waals surface area contributed by atoms with Crippen molar-refractivity contribution < 1.29 is 0 Å². The van der Waals surface area contributed by atoms with Crippen molar-refractivity contribution in [3.63, 3.8) is 0 Å². The first-order valence-corrected chi connectivity index (χ1v) is 5.15. The molecule has 0 amide bonds. The second kappa shape index (κ2) is 3.60. The van der Waals surface area contributed by atoms with Crippen molar-refractivity contribution in [2.24, 2.45) is 23.7 Å². The molecule has 0 aromatic heterocycles. The van der Waals surface area contributed by atoms with E-state index in [1.807, 2.05) is 0 Å². The van der Waals surface area contributed by atoms with E-state index < -0.39 is 0 Å². The standard InChI is InChI=1S/C11H22/c1-5-11-7-9(3)8(2)6-10(11)4/h8-11H,5-7H2,1-4H3. The summed E-state index contributed by atoms with van der Waals surface area (Å²) in [6.45, 7) is 9.59. The molecule has 11 heavy (non-hydrogen) atoms. The van der Waals surface area contributed by atoms with E-state index >= 15 is 0 Å². The summed E-state index contributed by atoms with van der Waals surface area (Å²) in [7, 11) is 0. The predicted molar refractivity (Wildman–Crippen MR) is 50.5 cm³/mol. The monoisotopic (exact) mass is 154 g/mol. The van der Waals surface area contributed by atoms with E-state index in [9.17, 15) is 0 Å². The molecule has 1 aliphatic carbocycles. The van der Waals surface area contributed by atoms with Gasteiger partial charge in [-0.1, -0.05) is 34.1 Å². The van der Waals surface area contributed by atoms with Gasteiger partial charge in [-0.3, -0.25) is 0 Å². The lowest BCUT2D eigenvalue weighted by Gasteiger charge is -2.36. The lowest BCUT2D eigenvalue weighted by molar-refractivity contribution is 0.141. The molecule has 0 saturated heterocycles. The smallest absolute Gasteiger partial charge is 0.0388 e. The van der Waals surface area contributed by atoms with Gasteiger partial charge in [-0.25, -0.2) is 0 Å². The van der Waals surface area contributed by atoms with E-state index in [2.05, 4.69) is 27.7 Å². The van der Waals surface area contributed by atoms with Gasteiger partial charge < -0.3 is 0 Å². The highest BCUT2D eigenvalue weighted by Crippen LogP contribution is 2.38. The molecule has 0 heteroatoms. The fourth-order valence-electron chi connectivity index (χ4n) is 2.52. The summed E-state index contributed by atoms with van der Waals surface area (Å²) in [5.74, 6) is 3.93. The Hall–Kier alpha value is 0. The molecular weight excluding hydrogens is 132 g/mol. The Morgan fingerprint density at radius 1 is 0.909 bits per heavy atom. The van der Waals surface area contributed by atoms with Crippen molar-refractivity contribution in [2.45, 2.75) is 47.0 Å². The Morgan fingerprint density at radius 3 is 2.00 bits per heavy atom. The zero-order valence-electron chi connectivity index (χ0n) is 8.43. The van der Waals surface area contributed by atoms with Gasteiger partial charge >= 0.3 is 0 Å². The first-order valence-electron chi connectivity index (χ1n) is 5.15.